The first-order valence-corrected chi connectivity index (χ1v) is 11.9. The number of aryl methyl sites for hydroxylation is 2. The molecule has 1 amide bonds. The monoisotopic (exact) mass is 510 g/mol. The van der Waals surface area contributed by atoms with Gasteiger partial charge in [0.15, 0.2) is 5.13 Å². The van der Waals surface area contributed by atoms with E-state index in [1.165, 1.54) is 35.2 Å². The lowest BCUT2D eigenvalue weighted by Crippen LogP contribution is -2.33. The summed E-state index contributed by atoms with van der Waals surface area (Å²) in [7, 11) is 0. The van der Waals surface area contributed by atoms with E-state index in [4.69, 9.17) is 16.6 Å². The smallest absolute Gasteiger partial charge is 0.239 e. The van der Waals surface area contributed by atoms with Crippen LogP contribution in [0.25, 0.3) is 10.2 Å². The van der Waals surface area contributed by atoms with E-state index < -0.39 is 0 Å². The summed E-state index contributed by atoms with van der Waals surface area (Å²) in [6.45, 7) is 3.26. The van der Waals surface area contributed by atoms with Gasteiger partial charge < -0.3 is 4.57 Å². The van der Waals surface area contributed by atoms with Crippen LogP contribution < -0.4 is 4.90 Å². The molecule has 0 saturated heterocycles. The average molecular weight is 511 g/mol. The summed E-state index contributed by atoms with van der Waals surface area (Å²) in [6.07, 6.45) is 6.17. The quantitative estimate of drug-likeness (QED) is 0.263. The molecule has 4 rings (SSSR count). The first-order valence-electron chi connectivity index (χ1n) is 9.71. The van der Waals surface area contributed by atoms with Crippen molar-refractivity contribution in [3.05, 3.63) is 71.5 Å². The van der Waals surface area contributed by atoms with Gasteiger partial charge in [-0.15, -0.1) is 24.2 Å². The van der Waals surface area contributed by atoms with Crippen molar-refractivity contribution in [1.29, 1.82) is 0 Å². The highest BCUT2D eigenvalue weighted by molar-refractivity contribution is 8.00. The first-order chi connectivity index (χ1) is 15.0. The highest BCUT2D eigenvalue weighted by Gasteiger charge is 2.20. The highest BCUT2D eigenvalue weighted by Crippen LogP contribution is 2.33. The number of halogens is 3. The van der Waals surface area contributed by atoms with Crippen LogP contribution in [-0.4, -0.2) is 32.7 Å². The van der Waals surface area contributed by atoms with E-state index >= 15 is 0 Å². The number of thioether (sulfide) groups is 1. The van der Waals surface area contributed by atoms with Crippen LogP contribution in [0.4, 0.5) is 9.52 Å². The number of anilines is 1. The third-order valence-electron chi connectivity index (χ3n) is 4.70. The van der Waals surface area contributed by atoms with E-state index in [0.29, 0.717) is 16.7 Å². The van der Waals surface area contributed by atoms with Crippen molar-refractivity contribution in [1.82, 2.24) is 14.5 Å². The zero-order valence-electron chi connectivity index (χ0n) is 17.2. The van der Waals surface area contributed by atoms with Gasteiger partial charge in [-0.1, -0.05) is 22.9 Å². The van der Waals surface area contributed by atoms with Gasteiger partial charge in [0.1, 0.15) is 5.82 Å². The van der Waals surface area contributed by atoms with E-state index in [9.17, 15) is 9.18 Å². The van der Waals surface area contributed by atoms with Crippen molar-refractivity contribution >= 4 is 68.4 Å². The maximum Gasteiger partial charge on any atom is 0.239 e. The van der Waals surface area contributed by atoms with Crippen LogP contribution in [0, 0.1) is 12.7 Å². The Labute approximate surface area is 205 Å². The molecule has 168 valence electrons. The number of hydrogen-bond donors (Lipinski definition) is 0. The number of hydrogen-bond acceptors (Lipinski definition) is 5. The van der Waals surface area contributed by atoms with Crippen molar-refractivity contribution in [2.24, 2.45) is 0 Å². The van der Waals surface area contributed by atoms with Gasteiger partial charge in [0, 0.05) is 35.4 Å². The van der Waals surface area contributed by atoms with E-state index in [1.807, 2.05) is 29.8 Å². The Morgan fingerprint density at radius 3 is 2.78 bits per heavy atom. The number of carbonyl (C=O) groups is 1. The predicted molar refractivity (Wildman–Crippen MR) is 133 cm³/mol. The second kappa shape index (κ2) is 11.1. The number of thiazole rings is 1. The summed E-state index contributed by atoms with van der Waals surface area (Å²) in [4.78, 5) is 24.5. The van der Waals surface area contributed by atoms with Crippen molar-refractivity contribution < 1.29 is 9.18 Å². The zero-order valence-corrected chi connectivity index (χ0v) is 20.4. The van der Waals surface area contributed by atoms with Crippen LogP contribution >= 0.6 is 47.1 Å². The molecule has 0 radical (unpaired) electrons. The third-order valence-corrected chi connectivity index (χ3v) is 6.94. The molecule has 2 heterocycles. The third kappa shape index (κ3) is 6.01. The Bertz CT molecular complexity index is 1180. The van der Waals surface area contributed by atoms with Gasteiger partial charge in [-0.3, -0.25) is 9.69 Å². The molecule has 0 unspecified atom stereocenters. The molecule has 4 aromatic rings. The molecule has 32 heavy (non-hydrogen) atoms. The van der Waals surface area contributed by atoms with Crippen molar-refractivity contribution in [3.63, 3.8) is 0 Å². The number of rotatable bonds is 8. The van der Waals surface area contributed by atoms with E-state index in [2.05, 4.69) is 4.98 Å². The fourth-order valence-corrected chi connectivity index (χ4v) is 5.41. The van der Waals surface area contributed by atoms with Gasteiger partial charge in [0.05, 0.1) is 22.3 Å². The van der Waals surface area contributed by atoms with Crippen LogP contribution in [-0.2, 0) is 11.3 Å². The summed E-state index contributed by atoms with van der Waals surface area (Å²) >= 11 is 9.06. The predicted octanol–water partition coefficient (Wildman–Crippen LogP) is 6.23. The minimum atomic E-state index is -0.291. The molecule has 0 spiro atoms. The molecule has 0 N–H and O–H groups in total. The Morgan fingerprint density at radius 2 is 2.06 bits per heavy atom. The fraction of sp³-hybridized carbons (Fsp3) is 0.227. The molecular formula is C22H21Cl2FN4OS2. The van der Waals surface area contributed by atoms with Gasteiger partial charge in [0.2, 0.25) is 5.91 Å². The largest absolute Gasteiger partial charge is 0.337 e. The number of amides is 1. The van der Waals surface area contributed by atoms with Crippen molar-refractivity contribution in [2.75, 3.05) is 17.2 Å². The number of nitrogens with zero attached hydrogens (tertiary/aromatic N) is 4. The topological polar surface area (TPSA) is 51.0 Å². The van der Waals surface area contributed by atoms with Crippen LogP contribution in [0.2, 0.25) is 5.02 Å². The van der Waals surface area contributed by atoms with Gasteiger partial charge in [-0.05, 0) is 55.3 Å². The van der Waals surface area contributed by atoms with Gasteiger partial charge in [-0.25, -0.2) is 14.4 Å². The molecule has 0 aliphatic carbocycles. The van der Waals surface area contributed by atoms with Crippen molar-refractivity contribution in [3.8, 4) is 0 Å². The Balaban J connectivity index is 0.00000289. The van der Waals surface area contributed by atoms with Gasteiger partial charge in [-0.2, -0.15) is 0 Å². The number of aromatic nitrogens is 3. The van der Waals surface area contributed by atoms with Crippen LogP contribution in [0.15, 0.2) is 60.0 Å². The number of benzene rings is 2. The number of imidazole rings is 1. The molecule has 2 aromatic heterocycles. The molecule has 0 aliphatic rings. The number of fused-ring (bicyclic) bond motifs is 1. The molecular weight excluding hydrogens is 490 g/mol. The summed E-state index contributed by atoms with van der Waals surface area (Å²) in [6, 6.07) is 9.92. The lowest BCUT2D eigenvalue weighted by molar-refractivity contribution is -0.116. The Hall–Kier alpha value is -2.13. The molecule has 0 saturated carbocycles. The average Bonchev–Trinajstić information content (AvgIpc) is 3.40. The summed E-state index contributed by atoms with van der Waals surface area (Å²) in [5.74, 6) is -0.0881. The molecule has 10 heteroatoms. The molecule has 5 nitrogen and oxygen atoms in total. The lowest BCUT2D eigenvalue weighted by atomic mass is 10.2. The second-order valence-corrected chi connectivity index (χ2v) is 9.50. The fourth-order valence-electron chi connectivity index (χ4n) is 3.17. The normalized spacial score (nSPS) is 10.8. The molecule has 0 aliphatic heterocycles. The van der Waals surface area contributed by atoms with Gasteiger partial charge >= 0.3 is 0 Å². The van der Waals surface area contributed by atoms with E-state index in [1.54, 1.807) is 29.6 Å². The minimum Gasteiger partial charge on any atom is -0.337 e. The van der Waals surface area contributed by atoms with E-state index in [-0.39, 0.29) is 29.9 Å². The summed E-state index contributed by atoms with van der Waals surface area (Å²) in [5.41, 5.74) is 1.85. The summed E-state index contributed by atoms with van der Waals surface area (Å²) < 4.78 is 16.1. The highest BCUT2D eigenvalue weighted by atomic mass is 35.5. The maximum absolute atomic E-state index is 13.2. The SMILES string of the molecule is Cc1cc(Cl)cc2sc(N(CCCn3ccnc3)C(=O)CSc3ccc(F)cc3)nc12.Cl. The molecule has 0 bridgehead atoms. The summed E-state index contributed by atoms with van der Waals surface area (Å²) in [5, 5.41) is 1.32. The molecule has 0 fully saturated rings. The zero-order chi connectivity index (χ0) is 21.8. The number of carbonyl (C=O) groups excluding carboxylic acids is 1. The second-order valence-electron chi connectivity index (χ2n) is 7.01. The minimum absolute atomic E-state index is 0. The van der Waals surface area contributed by atoms with E-state index in [0.717, 1.165) is 33.6 Å². The molecule has 2 aromatic carbocycles. The van der Waals surface area contributed by atoms with Crippen LogP contribution in [0.1, 0.15) is 12.0 Å². The van der Waals surface area contributed by atoms with Gasteiger partial charge in [0.25, 0.3) is 0 Å². The first kappa shape index (κ1) is 24.5. The Kier molecular flexibility index (Phi) is 8.53. The van der Waals surface area contributed by atoms with Crippen LogP contribution in [0.5, 0.6) is 0 Å². The standard InChI is InChI=1S/C22H20ClFN4OS2.ClH/c1-15-11-16(23)12-19-21(15)26-22(31-19)28(9-2-8-27-10-7-25-14-27)20(29)13-30-18-5-3-17(24)4-6-18;/h3-7,10-12,14H,2,8-9,13H2,1H3;1H. The maximum atomic E-state index is 13.2. The van der Waals surface area contributed by atoms with Crippen LogP contribution in [0.3, 0.4) is 0 Å². The molecule has 0 atom stereocenters. The van der Waals surface area contributed by atoms with Crippen molar-refractivity contribution in [2.45, 2.75) is 24.8 Å². The Morgan fingerprint density at radius 1 is 1.28 bits per heavy atom. The lowest BCUT2D eigenvalue weighted by Gasteiger charge is -2.20.